The Kier molecular flexibility index (Phi) is 5.75. The van der Waals surface area contributed by atoms with Gasteiger partial charge in [0, 0.05) is 26.0 Å². The van der Waals surface area contributed by atoms with Crippen LogP contribution in [0.15, 0.2) is 18.2 Å². The van der Waals surface area contributed by atoms with E-state index in [1.165, 1.54) is 23.1 Å². The molecule has 1 aromatic rings. The summed E-state index contributed by atoms with van der Waals surface area (Å²) in [4.78, 5) is 26.1. The summed E-state index contributed by atoms with van der Waals surface area (Å²) in [5.41, 5.74) is 0.663. The standard InChI is InChI=1S/C16H22ClN3O4S/c1-20(2)14(21)12-5-4-11(10-13(12)17)19-15(22)16(25(3,23)24)6-8-18-9-7-16/h4-5,10,18H,6-9H2,1-3H3,(H,19,22). The normalized spacial score (nSPS) is 17.0. The van der Waals surface area contributed by atoms with Gasteiger partial charge in [0.25, 0.3) is 5.91 Å². The predicted octanol–water partition coefficient (Wildman–Crippen LogP) is 1.15. The highest BCUT2D eigenvalue weighted by Gasteiger charge is 2.48. The Morgan fingerprint density at radius 3 is 2.32 bits per heavy atom. The number of anilines is 1. The maximum Gasteiger partial charge on any atom is 0.254 e. The number of hydrogen-bond acceptors (Lipinski definition) is 5. The minimum atomic E-state index is -3.60. The van der Waals surface area contributed by atoms with E-state index in [9.17, 15) is 18.0 Å². The average Bonchev–Trinajstić information content (AvgIpc) is 2.54. The number of carbonyl (C=O) groups excluding carboxylic acids is 2. The highest BCUT2D eigenvalue weighted by molar-refractivity contribution is 7.92. The van der Waals surface area contributed by atoms with Crippen molar-refractivity contribution in [1.29, 1.82) is 0 Å². The third-order valence-corrected chi connectivity index (χ3v) is 6.72. The van der Waals surface area contributed by atoms with Gasteiger partial charge < -0.3 is 15.5 Å². The smallest absolute Gasteiger partial charge is 0.254 e. The molecular formula is C16H22ClN3O4S. The third kappa shape index (κ3) is 3.96. The fourth-order valence-corrected chi connectivity index (χ4v) is 4.44. The van der Waals surface area contributed by atoms with Gasteiger partial charge in [-0.05, 0) is 44.1 Å². The van der Waals surface area contributed by atoms with Crippen LogP contribution in [0.2, 0.25) is 5.02 Å². The number of benzene rings is 1. The quantitative estimate of drug-likeness (QED) is 0.807. The Morgan fingerprint density at radius 1 is 1.24 bits per heavy atom. The molecule has 0 unspecified atom stereocenters. The minimum Gasteiger partial charge on any atom is -0.345 e. The zero-order valence-electron chi connectivity index (χ0n) is 14.4. The summed E-state index contributed by atoms with van der Waals surface area (Å²) in [5, 5.41) is 5.89. The molecule has 138 valence electrons. The van der Waals surface area contributed by atoms with Gasteiger partial charge in [-0.1, -0.05) is 11.6 Å². The van der Waals surface area contributed by atoms with Crippen LogP contribution < -0.4 is 10.6 Å². The molecule has 0 saturated carbocycles. The van der Waals surface area contributed by atoms with Gasteiger partial charge in [0.05, 0.1) is 10.6 Å². The largest absolute Gasteiger partial charge is 0.345 e. The van der Waals surface area contributed by atoms with Crippen LogP contribution in [0.4, 0.5) is 5.69 Å². The van der Waals surface area contributed by atoms with E-state index < -0.39 is 20.5 Å². The van der Waals surface area contributed by atoms with Crippen LogP contribution in [0.1, 0.15) is 23.2 Å². The molecule has 0 spiro atoms. The molecule has 1 saturated heterocycles. The molecule has 25 heavy (non-hydrogen) atoms. The highest BCUT2D eigenvalue weighted by atomic mass is 35.5. The molecule has 2 rings (SSSR count). The van der Waals surface area contributed by atoms with E-state index >= 15 is 0 Å². The molecule has 1 aromatic carbocycles. The molecular weight excluding hydrogens is 366 g/mol. The minimum absolute atomic E-state index is 0.190. The van der Waals surface area contributed by atoms with Crippen molar-refractivity contribution in [2.75, 3.05) is 38.8 Å². The number of halogens is 1. The second kappa shape index (κ2) is 7.31. The van der Waals surface area contributed by atoms with Crippen LogP contribution in [0.3, 0.4) is 0 Å². The van der Waals surface area contributed by atoms with Crippen molar-refractivity contribution in [3.05, 3.63) is 28.8 Å². The van der Waals surface area contributed by atoms with Gasteiger partial charge in [-0.2, -0.15) is 0 Å². The summed E-state index contributed by atoms with van der Waals surface area (Å²) in [6.07, 6.45) is 1.51. The van der Waals surface area contributed by atoms with Crippen LogP contribution in [0, 0.1) is 0 Å². The molecule has 7 nitrogen and oxygen atoms in total. The Morgan fingerprint density at radius 2 is 1.84 bits per heavy atom. The predicted molar refractivity (Wildman–Crippen MR) is 97.8 cm³/mol. The van der Waals surface area contributed by atoms with Crippen molar-refractivity contribution in [1.82, 2.24) is 10.2 Å². The SMILES string of the molecule is CN(C)C(=O)c1ccc(NC(=O)C2(S(C)(=O)=O)CCNCC2)cc1Cl. The van der Waals surface area contributed by atoms with Gasteiger partial charge in [-0.3, -0.25) is 9.59 Å². The monoisotopic (exact) mass is 387 g/mol. The van der Waals surface area contributed by atoms with Crippen LogP contribution in [0.5, 0.6) is 0 Å². The summed E-state index contributed by atoms with van der Waals surface area (Å²) >= 11 is 6.14. The Bertz CT molecular complexity index is 787. The molecule has 2 amide bonds. The first-order valence-corrected chi connectivity index (χ1v) is 10.1. The molecule has 1 aliphatic rings. The lowest BCUT2D eigenvalue weighted by Gasteiger charge is -2.34. The van der Waals surface area contributed by atoms with Crippen LogP contribution in [0.25, 0.3) is 0 Å². The van der Waals surface area contributed by atoms with Crippen molar-refractivity contribution in [3.63, 3.8) is 0 Å². The second-order valence-electron chi connectivity index (χ2n) is 6.36. The number of hydrogen-bond donors (Lipinski definition) is 2. The zero-order chi connectivity index (χ0) is 18.8. The van der Waals surface area contributed by atoms with Gasteiger partial charge in [-0.25, -0.2) is 8.42 Å². The molecule has 2 N–H and O–H groups in total. The number of nitrogens with zero attached hydrogens (tertiary/aromatic N) is 1. The van der Waals surface area contributed by atoms with E-state index in [1.54, 1.807) is 14.1 Å². The summed E-state index contributed by atoms with van der Waals surface area (Å²) in [5.74, 6) is -0.826. The fourth-order valence-electron chi connectivity index (χ4n) is 2.85. The van der Waals surface area contributed by atoms with E-state index in [1.807, 2.05) is 0 Å². The fraction of sp³-hybridized carbons (Fsp3) is 0.500. The molecule has 0 bridgehead atoms. The summed E-state index contributed by atoms with van der Waals surface area (Å²) in [6.45, 7) is 0.912. The number of amides is 2. The zero-order valence-corrected chi connectivity index (χ0v) is 16.0. The third-order valence-electron chi connectivity index (χ3n) is 4.40. The van der Waals surface area contributed by atoms with Crippen LogP contribution >= 0.6 is 11.6 Å². The van der Waals surface area contributed by atoms with Gasteiger partial charge in [0.2, 0.25) is 5.91 Å². The van der Waals surface area contributed by atoms with Crippen LogP contribution in [-0.2, 0) is 14.6 Å². The lowest BCUT2D eigenvalue weighted by atomic mass is 9.95. The molecule has 0 aromatic heterocycles. The summed E-state index contributed by atoms with van der Waals surface area (Å²) < 4.78 is 23.1. The number of rotatable bonds is 4. The highest BCUT2D eigenvalue weighted by Crippen LogP contribution is 2.30. The van der Waals surface area contributed by atoms with Crippen molar-refractivity contribution < 1.29 is 18.0 Å². The Hall–Kier alpha value is -1.64. The second-order valence-corrected chi connectivity index (χ2v) is 9.10. The van der Waals surface area contributed by atoms with E-state index in [4.69, 9.17) is 11.6 Å². The van der Waals surface area contributed by atoms with Crippen molar-refractivity contribution in [2.45, 2.75) is 17.6 Å². The number of piperidine rings is 1. The van der Waals surface area contributed by atoms with Gasteiger partial charge in [0.15, 0.2) is 14.6 Å². The van der Waals surface area contributed by atoms with E-state index in [2.05, 4.69) is 10.6 Å². The molecule has 0 atom stereocenters. The van der Waals surface area contributed by atoms with E-state index in [-0.39, 0.29) is 23.8 Å². The summed E-state index contributed by atoms with van der Waals surface area (Å²) in [7, 11) is -0.371. The van der Waals surface area contributed by atoms with E-state index in [0.29, 0.717) is 24.3 Å². The molecule has 1 heterocycles. The van der Waals surface area contributed by atoms with Gasteiger partial charge in [-0.15, -0.1) is 0 Å². The topological polar surface area (TPSA) is 95.6 Å². The maximum atomic E-state index is 12.7. The first kappa shape index (κ1) is 19.7. The van der Waals surface area contributed by atoms with E-state index in [0.717, 1.165) is 6.26 Å². The molecule has 0 aliphatic carbocycles. The molecule has 9 heteroatoms. The number of sulfone groups is 1. The average molecular weight is 388 g/mol. The first-order valence-electron chi connectivity index (χ1n) is 7.81. The van der Waals surface area contributed by atoms with Crippen LogP contribution in [-0.4, -0.2) is 63.3 Å². The maximum absolute atomic E-state index is 12.7. The lowest BCUT2D eigenvalue weighted by Crippen LogP contribution is -2.55. The van der Waals surface area contributed by atoms with Gasteiger partial charge in [0.1, 0.15) is 0 Å². The summed E-state index contributed by atoms with van der Waals surface area (Å²) in [6, 6.07) is 4.50. The van der Waals surface area contributed by atoms with Gasteiger partial charge >= 0.3 is 0 Å². The number of nitrogens with one attached hydrogen (secondary N) is 2. The number of carbonyl (C=O) groups is 2. The van der Waals surface area contributed by atoms with Crippen molar-refractivity contribution >= 4 is 38.9 Å². The Balaban J connectivity index is 2.28. The molecule has 0 radical (unpaired) electrons. The lowest BCUT2D eigenvalue weighted by molar-refractivity contribution is -0.119. The Labute approximate surface area is 152 Å². The molecule has 1 aliphatic heterocycles. The first-order chi connectivity index (χ1) is 11.6. The molecule has 1 fully saturated rings. The van der Waals surface area contributed by atoms with Crippen molar-refractivity contribution in [2.24, 2.45) is 0 Å². The van der Waals surface area contributed by atoms with Crippen molar-refractivity contribution in [3.8, 4) is 0 Å².